The van der Waals surface area contributed by atoms with Gasteiger partial charge in [0, 0.05) is 143 Å². The van der Waals surface area contributed by atoms with Crippen LogP contribution >= 0.6 is 11.6 Å². The Balaban J connectivity index is 0.000000126. The lowest BCUT2D eigenvalue weighted by atomic mass is 9.73. The van der Waals surface area contributed by atoms with E-state index in [1.54, 1.807) is 62.6 Å². The molecule has 5 aromatic carbocycles. The van der Waals surface area contributed by atoms with Gasteiger partial charge in [0.15, 0.2) is 11.6 Å². The quantitative estimate of drug-likeness (QED) is 0.0452. The summed E-state index contributed by atoms with van der Waals surface area (Å²) in [4.78, 5) is 98.7. The number of anilines is 10. The van der Waals surface area contributed by atoms with Crippen molar-refractivity contribution in [3.8, 4) is 67.1 Å². The van der Waals surface area contributed by atoms with E-state index in [4.69, 9.17) is 78.4 Å². The van der Waals surface area contributed by atoms with Gasteiger partial charge in [0.05, 0.1) is 46.6 Å². The standard InChI is InChI=1S/C25H35N5O2.C22H30FN5O2.C21H27ClFN5O.C21H27F2N5O.C21H28FN5O/c1-16-9-10-25(21(16)26)11-13-30(14-12-25)24-28-22(27)20(23(31)29(24)2)18-5-7-19(8-6-18)32-15-17-3-4-17;1-13-6-7-22(18(13)24)8-10-28(11-9-22)21-26-19(25)17(20(29)27(21)2)14-4-5-16(30-3)15(23)12-14;1-12-5-6-21(17(12)24)7-9-28(10-8-21)20-26-18(25)16(19(29)27(20)2)13-3-4-15(23)14(22)11-13;1-12-5-6-21(17(12)24)7-9-28(10-8-21)20-26-18(25)16(19(29)27(20)2)14-4-3-13(22)11-15(14)23;1-13-7-8-21(17(13)23)9-11-27(12-10-21)20-25-18(24)16(19(28)26(20)2)14-3-5-15(22)6-4-14/h5-8,16-17,21H,3-4,9-15,26-27H2,1-2H3;4-5,12-13,18H,6-11,24-25H2,1-3H3;2*3-4,11-12,17H,5-10,24-25H2,1-2H3;3-6,13,17H,7-12,23-24H2,1-2H3/t16-,21-;13-,18-;2*12-,17-;13-,17-/m11111/s1. The zero-order chi connectivity index (χ0) is 106. The second-order valence-corrected chi connectivity index (χ2v) is 44.9. The average Bonchev–Trinajstić information content (AvgIpc) is 1.52. The van der Waals surface area contributed by atoms with Gasteiger partial charge in [0.2, 0.25) is 29.7 Å². The second kappa shape index (κ2) is 43.1. The molecule has 6 aliphatic carbocycles. The SMILES string of the molecule is COc1ccc(-c2c(N)nc(N3CCC4(CC[C@@H](C)[C@H]4N)CC3)n(C)c2=O)cc1F.C[C@@H]1CCC2(CCN(c3nc(N)c(-c4ccc(F)c(Cl)c4)c(=O)n3C)CC2)[C@@H]1N.C[C@@H]1CCC2(CCN(c3nc(N)c(-c4ccc(F)cc4)c(=O)n3C)CC2)[C@@H]1N.C[C@@H]1CCC2(CCN(c3nc(N)c(-c4ccc(F)cc4F)c(=O)n3C)CC2)[C@@H]1N.C[C@@H]1CCC2(CCN(c3nc(N)c(-c4ccc(OCC5CC5)cc4)c(=O)n3C)CC2)[C@@H]1N. The molecular weight excluding hydrogens is 1910 g/mol. The molecule has 0 amide bonds. The highest BCUT2D eigenvalue weighted by Gasteiger charge is 2.52. The molecule has 21 rings (SSSR count). The Morgan fingerprint density at radius 1 is 0.324 bits per heavy atom. The third-order valence-electron chi connectivity index (χ3n) is 36.1. The summed E-state index contributed by atoms with van der Waals surface area (Å²) in [5.41, 5.74) is 66.4. The van der Waals surface area contributed by atoms with Gasteiger partial charge < -0.3 is 91.3 Å². The molecule has 6 saturated carbocycles. The molecule has 11 fully saturated rings. The first-order valence-electron chi connectivity index (χ1n) is 52.5. The number of benzene rings is 5. The van der Waals surface area contributed by atoms with Crippen LogP contribution in [0.15, 0.2) is 127 Å². The number of halogens is 6. The molecule has 796 valence electrons. The molecule has 38 heteroatoms. The van der Waals surface area contributed by atoms with E-state index in [2.05, 4.69) is 79.1 Å². The van der Waals surface area contributed by atoms with Gasteiger partial charge in [-0.25, -0.2) is 22.0 Å². The molecule has 20 N–H and O–H groups in total. The molecule has 10 atom stereocenters. The van der Waals surface area contributed by atoms with E-state index in [-0.39, 0.29) is 147 Å². The fourth-order valence-corrected chi connectivity index (χ4v) is 26.0. The van der Waals surface area contributed by atoms with Crippen molar-refractivity contribution in [2.45, 2.75) is 206 Å². The zero-order valence-corrected chi connectivity index (χ0v) is 87.9. The number of aromatic nitrogens is 10. The van der Waals surface area contributed by atoms with Gasteiger partial charge in [-0.3, -0.25) is 46.8 Å². The molecule has 5 spiro atoms. The van der Waals surface area contributed by atoms with Gasteiger partial charge in [-0.2, -0.15) is 24.9 Å². The Labute approximate surface area is 865 Å². The Hall–Kier alpha value is -12.2. The normalized spacial score (nSPS) is 23.9. The first-order chi connectivity index (χ1) is 70.4. The number of hydrogen-bond acceptors (Lipinski definition) is 27. The van der Waals surface area contributed by atoms with Crippen molar-refractivity contribution >= 4 is 70.4 Å². The zero-order valence-electron chi connectivity index (χ0n) is 87.1. The van der Waals surface area contributed by atoms with Gasteiger partial charge in [0.25, 0.3) is 27.8 Å². The van der Waals surface area contributed by atoms with Crippen molar-refractivity contribution in [1.29, 1.82) is 0 Å². The van der Waals surface area contributed by atoms with Gasteiger partial charge in [0.1, 0.15) is 58.1 Å². The maximum Gasteiger partial charge on any atom is 0.264 e. The minimum atomic E-state index is -0.840. The highest BCUT2D eigenvalue weighted by atomic mass is 35.5. The molecule has 10 heterocycles. The summed E-state index contributed by atoms with van der Waals surface area (Å²) >= 11 is 5.88. The maximum atomic E-state index is 14.2. The molecule has 10 aromatic rings. The van der Waals surface area contributed by atoms with Crippen molar-refractivity contribution in [3.63, 3.8) is 0 Å². The van der Waals surface area contributed by atoms with E-state index in [1.165, 1.54) is 134 Å². The van der Waals surface area contributed by atoms with Gasteiger partial charge in [-0.05, 0) is 287 Å². The number of rotatable bonds is 14. The van der Waals surface area contributed by atoms with E-state index in [9.17, 15) is 45.9 Å². The number of hydrogen-bond donors (Lipinski definition) is 10. The molecule has 32 nitrogen and oxygen atoms in total. The summed E-state index contributed by atoms with van der Waals surface area (Å²) in [5, 5.41) is -0.0588. The van der Waals surface area contributed by atoms with Crippen LogP contribution in [0.3, 0.4) is 0 Å². The monoisotopic (exact) mass is 2060 g/mol. The predicted molar refractivity (Wildman–Crippen MR) is 577 cm³/mol. The smallest absolute Gasteiger partial charge is 0.264 e. The third kappa shape index (κ3) is 20.8. The summed E-state index contributed by atoms with van der Waals surface area (Å²) in [6.07, 6.45) is 24.2. The van der Waals surface area contributed by atoms with Crippen molar-refractivity contribution < 1.29 is 31.4 Å². The van der Waals surface area contributed by atoms with Crippen molar-refractivity contribution in [1.82, 2.24) is 47.8 Å². The maximum absolute atomic E-state index is 14.2. The van der Waals surface area contributed by atoms with Crippen LogP contribution < -0.4 is 119 Å². The number of piperidine rings is 5. The molecule has 148 heavy (non-hydrogen) atoms. The van der Waals surface area contributed by atoms with Crippen LogP contribution in [0.25, 0.3) is 55.6 Å². The average molecular weight is 2060 g/mol. The summed E-state index contributed by atoms with van der Waals surface area (Å²) in [5.74, 6) is 4.85. The van der Waals surface area contributed by atoms with Crippen molar-refractivity contribution in [2.75, 3.05) is 132 Å². The van der Waals surface area contributed by atoms with E-state index < -0.39 is 28.8 Å². The fraction of sp³-hybridized carbons (Fsp3) is 0.545. The predicted octanol–water partition coefficient (Wildman–Crippen LogP) is 14.0. The molecule has 0 unspecified atom stereocenters. The molecule has 5 aliphatic heterocycles. The largest absolute Gasteiger partial charge is 0.494 e. The summed E-state index contributed by atoms with van der Waals surface area (Å²) < 4.78 is 86.7. The van der Waals surface area contributed by atoms with Crippen LogP contribution in [-0.4, -0.2) is 157 Å². The van der Waals surface area contributed by atoms with Gasteiger partial charge in [-0.1, -0.05) is 82.6 Å². The lowest BCUT2D eigenvalue weighted by molar-refractivity contribution is 0.185. The van der Waals surface area contributed by atoms with Crippen LogP contribution in [-0.2, 0) is 35.2 Å². The Morgan fingerprint density at radius 2 is 0.595 bits per heavy atom. The topological polar surface area (TPSA) is 469 Å². The lowest BCUT2D eigenvalue weighted by Gasteiger charge is -2.43. The van der Waals surface area contributed by atoms with Crippen LogP contribution in [0.1, 0.15) is 176 Å². The summed E-state index contributed by atoms with van der Waals surface area (Å²) in [6, 6.07) is 26.0. The number of nitrogens with two attached hydrogens (primary N) is 10. The van der Waals surface area contributed by atoms with E-state index in [0.717, 1.165) is 173 Å². The fourth-order valence-electron chi connectivity index (χ4n) is 25.8. The molecule has 0 bridgehead atoms. The Bertz CT molecular complexity index is 6860. The molecule has 11 aliphatic rings. The molecular formula is C110H147ClF5N25O7. The van der Waals surface area contributed by atoms with Gasteiger partial charge >= 0.3 is 0 Å². The Morgan fingerprint density at radius 3 is 0.872 bits per heavy atom. The first-order valence-corrected chi connectivity index (χ1v) is 52.9. The minimum Gasteiger partial charge on any atom is -0.494 e. The Kier molecular flexibility index (Phi) is 31.2. The van der Waals surface area contributed by atoms with Crippen molar-refractivity contribution in [2.24, 2.45) is 126 Å². The van der Waals surface area contributed by atoms with E-state index >= 15 is 0 Å². The van der Waals surface area contributed by atoms with E-state index in [0.29, 0.717) is 93.1 Å². The minimum absolute atomic E-state index is 0.0473. The van der Waals surface area contributed by atoms with Crippen LogP contribution in [0.4, 0.5) is 80.8 Å². The molecule has 0 radical (unpaired) electrons. The summed E-state index contributed by atoms with van der Waals surface area (Å²) in [6.45, 7) is 19.9. The number of methoxy groups -OCH3 is 1. The van der Waals surface area contributed by atoms with Crippen LogP contribution in [0, 0.1) is 91.7 Å². The number of nitrogens with zero attached hydrogens (tertiary/aromatic N) is 15. The van der Waals surface area contributed by atoms with Crippen molar-refractivity contribution in [3.05, 3.63) is 189 Å². The molecule has 5 saturated heterocycles. The lowest BCUT2D eigenvalue weighted by Crippen LogP contribution is -2.49. The highest BCUT2D eigenvalue weighted by molar-refractivity contribution is 6.31. The number of nitrogen functional groups attached to an aromatic ring is 5. The van der Waals surface area contributed by atoms with Gasteiger partial charge in [-0.15, -0.1) is 0 Å². The number of ether oxygens (including phenoxy) is 2. The van der Waals surface area contributed by atoms with E-state index in [1.807, 2.05) is 29.2 Å². The van der Waals surface area contributed by atoms with Crippen LogP contribution in [0.2, 0.25) is 5.02 Å². The second-order valence-electron chi connectivity index (χ2n) is 44.5. The molecule has 5 aromatic heterocycles. The third-order valence-corrected chi connectivity index (χ3v) is 36.4. The summed E-state index contributed by atoms with van der Waals surface area (Å²) in [7, 11) is 9.86. The highest BCUT2D eigenvalue weighted by Crippen LogP contribution is 2.54. The first kappa shape index (κ1) is 107. The van der Waals surface area contributed by atoms with Crippen LogP contribution in [0.5, 0.6) is 11.5 Å².